The van der Waals surface area contributed by atoms with Crippen LogP contribution in [0.4, 0.5) is 0 Å². The minimum Gasteiger partial charge on any atom is -0.303 e. The van der Waals surface area contributed by atoms with Crippen LogP contribution in [-0.2, 0) is 6.54 Å². The Hall–Kier alpha value is -4.59. The first-order valence-corrected chi connectivity index (χ1v) is 11.9. The molecule has 0 fully saturated rings. The number of nitrogens with zero attached hydrogens (tertiary/aromatic N) is 6. The molecule has 0 radical (unpaired) electrons. The van der Waals surface area contributed by atoms with Crippen molar-refractivity contribution in [2.75, 3.05) is 0 Å². The van der Waals surface area contributed by atoms with Crippen LogP contribution in [-0.4, -0.2) is 33.9 Å². The zero-order chi connectivity index (χ0) is 24.8. The monoisotopic (exact) mass is 475 g/mol. The summed E-state index contributed by atoms with van der Waals surface area (Å²) in [5.41, 5.74) is 7.67. The van der Waals surface area contributed by atoms with Gasteiger partial charge in [-0.2, -0.15) is 0 Å². The molecule has 0 bridgehead atoms. The molecule has 0 aliphatic heterocycles. The summed E-state index contributed by atoms with van der Waals surface area (Å²) in [4.78, 5) is 34.2. The van der Waals surface area contributed by atoms with Crippen molar-refractivity contribution in [1.29, 1.82) is 0 Å². The third-order valence-electron chi connectivity index (χ3n) is 6.40. The summed E-state index contributed by atoms with van der Waals surface area (Å²) in [5, 5.41) is 0. The number of hydrogen-bond donors (Lipinski definition) is 1. The normalized spacial score (nSPS) is 11.7. The largest absolute Gasteiger partial charge is 0.328 e. The number of nitrogens with one attached hydrogen (secondary N) is 1. The zero-order valence-corrected chi connectivity index (χ0v) is 20.3. The maximum absolute atomic E-state index is 12.8. The lowest BCUT2D eigenvalue weighted by Crippen LogP contribution is -2.17. The predicted octanol–water partition coefficient (Wildman–Crippen LogP) is 4.98. The van der Waals surface area contributed by atoms with Crippen molar-refractivity contribution in [3.8, 4) is 22.6 Å². The second kappa shape index (κ2) is 8.57. The fourth-order valence-corrected chi connectivity index (χ4v) is 4.63. The van der Waals surface area contributed by atoms with Crippen LogP contribution in [0.2, 0.25) is 0 Å². The SMILES string of the molecule is Cc1cn2ccnc2c(-c2ccc(Cn3c(=O)[nH]c4cnc(-c5ccccc5C(C)C)nc43)cc2)n1. The van der Waals surface area contributed by atoms with Crippen LogP contribution in [0.5, 0.6) is 0 Å². The van der Waals surface area contributed by atoms with Crippen molar-refractivity contribution >= 4 is 16.8 Å². The highest BCUT2D eigenvalue weighted by Crippen LogP contribution is 2.27. The first kappa shape index (κ1) is 21.9. The van der Waals surface area contributed by atoms with Crippen LogP contribution in [0, 0.1) is 6.92 Å². The fraction of sp³-hybridized carbons (Fsp3) is 0.179. The average Bonchev–Trinajstić information content (AvgIpc) is 3.47. The molecule has 0 atom stereocenters. The fourth-order valence-electron chi connectivity index (χ4n) is 4.63. The Balaban J connectivity index is 1.37. The number of aryl methyl sites for hydroxylation is 1. The van der Waals surface area contributed by atoms with E-state index in [2.05, 4.69) is 34.9 Å². The molecule has 36 heavy (non-hydrogen) atoms. The Morgan fingerprint density at radius 3 is 2.58 bits per heavy atom. The molecule has 0 aliphatic carbocycles. The molecule has 4 heterocycles. The first-order valence-electron chi connectivity index (χ1n) is 11.9. The number of H-pyrrole nitrogens is 1. The topological polar surface area (TPSA) is 93.8 Å². The number of imidazole rings is 2. The number of aromatic amines is 1. The van der Waals surface area contributed by atoms with Gasteiger partial charge in [0, 0.05) is 29.7 Å². The van der Waals surface area contributed by atoms with E-state index in [0.29, 0.717) is 29.5 Å². The van der Waals surface area contributed by atoms with Crippen LogP contribution in [0.15, 0.2) is 78.1 Å². The predicted molar refractivity (Wildman–Crippen MR) is 140 cm³/mol. The van der Waals surface area contributed by atoms with Gasteiger partial charge in [-0.05, 0) is 24.0 Å². The summed E-state index contributed by atoms with van der Waals surface area (Å²) in [7, 11) is 0. The van der Waals surface area contributed by atoms with E-state index in [1.807, 2.05) is 66.2 Å². The van der Waals surface area contributed by atoms with E-state index >= 15 is 0 Å². The van der Waals surface area contributed by atoms with Gasteiger partial charge in [0.05, 0.1) is 18.4 Å². The third-order valence-corrected chi connectivity index (χ3v) is 6.40. The first-order chi connectivity index (χ1) is 17.5. The molecule has 0 unspecified atom stereocenters. The number of aromatic nitrogens is 7. The van der Waals surface area contributed by atoms with Gasteiger partial charge in [0.1, 0.15) is 11.2 Å². The summed E-state index contributed by atoms with van der Waals surface area (Å²) >= 11 is 0. The van der Waals surface area contributed by atoms with Gasteiger partial charge in [0.25, 0.3) is 0 Å². The lowest BCUT2D eigenvalue weighted by atomic mass is 9.97. The Labute approximate surface area is 207 Å². The maximum Gasteiger partial charge on any atom is 0.328 e. The van der Waals surface area contributed by atoms with E-state index in [1.165, 1.54) is 5.56 Å². The van der Waals surface area contributed by atoms with Crippen molar-refractivity contribution in [2.24, 2.45) is 0 Å². The molecule has 0 saturated carbocycles. The highest BCUT2D eigenvalue weighted by molar-refractivity contribution is 5.75. The number of benzene rings is 2. The molecule has 6 aromatic rings. The van der Waals surface area contributed by atoms with Gasteiger partial charge >= 0.3 is 5.69 Å². The maximum atomic E-state index is 12.8. The second-order valence-corrected chi connectivity index (χ2v) is 9.28. The Morgan fingerprint density at radius 1 is 0.972 bits per heavy atom. The van der Waals surface area contributed by atoms with Gasteiger partial charge in [-0.25, -0.2) is 24.7 Å². The Morgan fingerprint density at radius 2 is 1.78 bits per heavy atom. The Bertz CT molecular complexity index is 1770. The quantitative estimate of drug-likeness (QED) is 0.380. The van der Waals surface area contributed by atoms with Crippen LogP contribution in [0.1, 0.15) is 36.6 Å². The molecular weight excluding hydrogens is 450 g/mol. The van der Waals surface area contributed by atoms with E-state index in [0.717, 1.165) is 33.7 Å². The molecule has 4 aromatic heterocycles. The van der Waals surface area contributed by atoms with Gasteiger partial charge in [0.15, 0.2) is 17.1 Å². The number of fused-ring (bicyclic) bond motifs is 2. The molecule has 2 aromatic carbocycles. The summed E-state index contributed by atoms with van der Waals surface area (Å²) in [6.07, 6.45) is 7.34. The van der Waals surface area contributed by atoms with Crippen molar-refractivity contribution in [3.05, 3.63) is 101 Å². The molecule has 0 saturated heterocycles. The lowest BCUT2D eigenvalue weighted by molar-refractivity contribution is 0.777. The molecule has 6 rings (SSSR count). The highest BCUT2D eigenvalue weighted by Gasteiger charge is 2.15. The second-order valence-electron chi connectivity index (χ2n) is 9.28. The van der Waals surface area contributed by atoms with Gasteiger partial charge in [-0.3, -0.25) is 4.57 Å². The highest BCUT2D eigenvalue weighted by atomic mass is 16.1. The van der Waals surface area contributed by atoms with Crippen molar-refractivity contribution in [3.63, 3.8) is 0 Å². The van der Waals surface area contributed by atoms with E-state index < -0.39 is 0 Å². The summed E-state index contributed by atoms with van der Waals surface area (Å²) in [6, 6.07) is 16.2. The lowest BCUT2D eigenvalue weighted by Gasteiger charge is -2.11. The van der Waals surface area contributed by atoms with E-state index in [-0.39, 0.29) is 5.69 Å². The summed E-state index contributed by atoms with van der Waals surface area (Å²) < 4.78 is 3.64. The molecule has 1 N–H and O–H groups in total. The van der Waals surface area contributed by atoms with Crippen LogP contribution >= 0.6 is 0 Å². The van der Waals surface area contributed by atoms with E-state index in [9.17, 15) is 4.79 Å². The van der Waals surface area contributed by atoms with Gasteiger partial charge < -0.3 is 9.38 Å². The third kappa shape index (κ3) is 3.76. The van der Waals surface area contributed by atoms with Crippen LogP contribution in [0.3, 0.4) is 0 Å². The number of hydrogen-bond acceptors (Lipinski definition) is 5. The molecule has 0 spiro atoms. The molecule has 8 heteroatoms. The van der Waals surface area contributed by atoms with Crippen molar-refractivity contribution in [1.82, 2.24) is 33.9 Å². The smallest absolute Gasteiger partial charge is 0.303 e. The van der Waals surface area contributed by atoms with Gasteiger partial charge in [0.2, 0.25) is 0 Å². The van der Waals surface area contributed by atoms with Gasteiger partial charge in [-0.15, -0.1) is 0 Å². The van der Waals surface area contributed by atoms with Crippen LogP contribution < -0.4 is 5.69 Å². The van der Waals surface area contributed by atoms with E-state index in [1.54, 1.807) is 17.0 Å². The van der Waals surface area contributed by atoms with Crippen molar-refractivity contribution in [2.45, 2.75) is 33.2 Å². The van der Waals surface area contributed by atoms with Crippen molar-refractivity contribution < 1.29 is 0 Å². The minimum atomic E-state index is -0.211. The summed E-state index contributed by atoms with van der Waals surface area (Å²) in [6.45, 7) is 6.66. The average molecular weight is 476 g/mol. The molecule has 0 aliphatic rings. The zero-order valence-electron chi connectivity index (χ0n) is 20.3. The standard InChI is InChI=1S/C28H25N7O/c1-17(2)21-6-4-5-7-22(21)25-30-14-23-26(33-25)35(28(36)32-23)16-19-8-10-20(11-9-19)24-27-29-12-13-34(27)15-18(3)31-24/h4-15,17H,16H2,1-3H3,(H,32,36). The minimum absolute atomic E-state index is 0.211. The Kier molecular flexibility index (Phi) is 5.21. The summed E-state index contributed by atoms with van der Waals surface area (Å²) in [5.74, 6) is 0.947. The molecule has 178 valence electrons. The molecule has 8 nitrogen and oxygen atoms in total. The van der Waals surface area contributed by atoms with Crippen LogP contribution in [0.25, 0.3) is 39.5 Å². The number of rotatable bonds is 5. The molecular formula is C28H25N7O. The van der Waals surface area contributed by atoms with E-state index in [4.69, 9.17) is 9.97 Å². The van der Waals surface area contributed by atoms with Gasteiger partial charge in [-0.1, -0.05) is 62.4 Å². The molecule has 0 amide bonds.